The van der Waals surface area contributed by atoms with E-state index in [1.165, 1.54) is 6.42 Å². The lowest BCUT2D eigenvalue weighted by atomic mass is 10.0. The predicted octanol–water partition coefficient (Wildman–Crippen LogP) is 3.89. The second-order valence-electron chi connectivity index (χ2n) is 9.49. The highest BCUT2D eigenvalue weighted by atomic mass is 16.5. The highest BCUT2D eigenvalue weighted by Gasteiger charge is 2.31. The number of benzene rings is 1. The molecule has 35 heavy (non-hydrogen) atoms. The zero-order valence-corrected chi connectivity index (χ0v) is 21.1. The fraction of sp³-hybridized carbons (Fsp3) is 0.536. The second kappa shape index (κ2) is 13.5. The van der Waals surface area contributed by atoms with E-state index in [2.05, 4.69) is 36.7 Å². The van der Waals surface area contributed by atoms with Crippen molar-refractivity contribution >= 4 is 6.21 Å². The molecule has 2 aliphatic heterocycles. The molecule has 192 valence electrons. The summed E-state index contributed by atoms with van der Waals surface area (Å²) in [4.78, 5) is 4.34. The van der Waals surface area contributed by atoms with Crippen LogP contribution < -0.4 is 10.1 Å². The number of nitrogens with zero attached hydrogens (tertiary/aromatic N) is 1. The van der Waals surface area contributed by atoms with Gasteiger partial charge in [-0.25, -0.2) is 0 Å². The van der Waals surface area contributed by atoms with Crippen LogP contribution in [0.1, 0.15) is 52.0 Å². The summed E-state index contributed by atoms with van der Waals surface area (Å²) < 4.78 is 11.7. The number of ether oxygens (including phenoxy) is 2. The molecule has 0 fully saturated rings. The van der Waals surface area contributed by atoms with Crippen molar-refractivity contribution in [2.45, 2.75) is 71.2 Å². The largest absolute Gasteiger partial charge is 0.592 e. The Morgan fingerprint density at radius 2 is 2.06 bits per heavy atom. The first-order valence-corrected chi connectivity index (χ1v) is 12.7. The molecular formula is C28H40N2O5. The van der Waals surface area contributed by atoms with Crippen LogP contribution in [0.5, 0.6) is 11.5 Å². The molecule has 0 saturated carbocycles. The van der Waals surface area contributed by atoms with Gasteiger partial charge < -0.3 is 30.1 Å². The molecule has 7 heteroatoms. The molecule has 2 aliphatic rings. The number of phenolic OH excluding ortho intramolecular Hbond substituents is 1. The Morgan fingerprint density at radius 1 is 1.23 bits per heavy atom. The number of nitrogens with one attached hydrogen (secondary N) is 1. The zero-order chi connectivity index (χ0) is 25.2. The lowest BCUT2D eigenvalue weighted by molar-refractivity contribution is 0.120. The number of allylic oxidation sites excluding steroid dienone is 1. The average Bonchev–Trinajstić information content (AvgIpc) is 3.51. The van der Waals surface area contributed by atoms with Gasteiger partial charge in [0.2, 0.25) is 0 Å². The van der Waals surface area contributed by atoms with Crippen molar-refractivity contribution in [2.24, 2.45) is 10.9 Å². The Balaban J connectivity index is 1.45. The van der Waals surface area contributed by atoms with E-state index >= 15 is 0 Å². The maximum Gasteiger partial charge on any atom is 0.181 e. The van der Waals surface area contributed by atoms with Gasteiger partial charge in [-0.05, 0) is 44.4 Å². The highest BCUT2D eigenvalue weighted by molar-refractivity contribution is 5.84. The number of phenols is 1. The molecule has 0 bridgehead atoms. The smallest absolute Gasteiger partial charge is 0.181 e. The standard InChI is InChI=1S/C28H40N2O5/c1-4-5-6-23-10-11-24(35-23)9-7-21-8-12-26(32)28(13-21)34-18-27(33)25-14-22(17-30-25)19(2)15-29-16-20(3)31/h8,10-14,17,19-20,23,27,29,31-33H,4-7,9,15-16,18H2,1-3H3/t19-,20+,23?,27+/m1/s1. The van der Waals surface area contributed by atoms with Crippen molar-refractivity contribution in [3.63, 3.8) is 0 Å². The van der Waals surface area contributed by atoms with Gasteiger partial charge in [-0.1, -0.05) is 38.0 Å². The maximum absolute atomic E-state index is 10.6. The monoisotopic (exact) mass is 484 g/mol. The van der Waals surface area contributed by atoms with Gasteiger partial charge in [-0.3, -0.25) is 0 Å². The van der Waals surface area contributed by atoms with Crippen LogP contribution >= 0.6 is 0 Å². The number of aliphatic hydroxyl groups excluding tert-OH is 2. The van der Waals surface area contributed by atoms with Gasteiger partial charge in [0.05, 0.1) is 18.1 Å². The molecule has 4 N–H and O–H groups in total. The van der Waals surface area contributed by atoms with Crippen molar-refractivity contribution in [3.8, 4) is 11.5 Å². The molecule has 1 aromatic carbocycles. The molecule has 1 aromatic rings. The molecule has 1 unspecified atom stereocenters. The molecule has 0 amide bonds. The average molecular weight is 485 g/mol. The quantitative estimate of drug-likeness (QED) is 0.282. The SMILES string of the molecule is CCCCC1[CH-]C=C(CCc2ccc(O)c(OC[C@H](O)[C+]3C=C([C@H](C)CNC[C@H](C)O)C=N3)c2)O1. The molecule has 0 aromatic heterocycles. The van der Waals surface area contributed by atoms with E-state index in [0.717, 1.165) is 42.6 Å². The van der Waals surface area contributed by atoms with E-state index < -0.39 is 6.10 Å². The van der Waals surface area contributed by atoms with Crippen molar-refractivity contribution in [1.29, 1.82) is 0 Å². The van der Waals surface area contributed by atoms with Crippen LogP contribution in [0.2, 0.25) is 0 Å². The summed E-state index contributed by atoms with van der Waals surface area (Å²) in [5.74, 6) is 1.57. The number of unbranched alkanes of at least 4 members (excludes halogenated alkanes) is 1. The van der Waals surface area contributed by atoms with Crippen LogP contribution in [-0.4, -0.2) is 59.5 Å². The van der Waals surface area contributed by atoms with Gasteiger partial charge >= 0.3 is 0 Å². The van der Waals surface area contributed by atoms with Crippen molar-refractivity contribution < 1.29 is 24.8 Å². The summed E-state index contributed by atoms with van der Waals surface area (Å²) in [6.07, 6.45) is 11.7. The van der Waals surface area contributed by atoms with Crippen LogP contribution in [-0.2, 0) is 11.2 Å². The summed E-state index contributed by atoms with van der Waals surface area (Å²) in [7, 11) is 0. The van der Waals surface area contributed by atoms with Crippen LogP contribution in [0.15, 0.2) is 46.7 Å². The Bertz CT molecular complexity index is 895. The first-order valence-electron chi connectivity index (χ1n) is 12.7. The van der Waals surface area contributed by atoms with Crippen LogP contribution in [0.25, 0.3) is 0 Å². The van der Waals surface area contributed by atoms with Gasteiger partial charge in [-0.2, -0.15) is 12.5 Å². The third-order valence-electron chi connectivity index (χ3n) is 6.20. The number of aliphatic imine (C=N–C) groups is 1. The molecule has 0 spiro atoms. The molecule has 3 rings (SSSR count). The number of aromatic hydroxyl groups is 1. The zero-order valence-electron chi connectivity index (χ0n) is 21.1. The third-order valence-corrected chi connectivity index (χ3v) is 6.20. The third kappa shape index (κ3) is 8.53. The molecular weight excluding hydrogens is 444 g/mol. The van der Waals surface area contributed by atoms with Crippen LogP contribution in [0.4, 0.5) is 0 Å². The van der Waals surface area contributed by atoms with Gasteiger partial charge in [0.15, 0.2) is 29.9 Å². The Morgan fingerprint density at radius 3 is 2.83 bits per heavy atom. The number of aryl methyl sites for hydroxylation is 1. The maximum atomic E-state index is 10.6. The summed E-state index contributed by atoms with van der Waals surface area (Å²) >= 11 is 0. The number of hydrogen-bond acceptors (Lipinski definition) is 7. The Labute approximate surface area is 209 Å². The molecule has 0 radical (unpaired) electrons. The fourth-order valence-electron chi connectivity index (χ4n) is 4.01. The summed E-state index contributed by atoms with van der Waals surface area (Å²) in [5, 5.41) is 33.4. The molecule has 4 atom stereocenters. The Hall–Kier alpha value is -2.61. The molecule has 2 heterocycles. The van der Waals surface area contributed by atoms with E-state index in [9.17, 15) is 15.3 Å². The van der Waals surface area contributed by atoms with Crippen molar-refractivity contribution in [3.05, 3.63) is 59.7 Å². The minimum Gasteiger partial charge on any atom is -0.592 e. The summed E-state index contributed by atoms with van der Waals surface area (Å²) in [6, 6.07) is 5.86. The number of rotatable bonds is 15. The first-order chi connectivity index (χ1) is 16.9. The molecule has 7 nitrogen and oxygen atoms in total. The van der Waals surface area contributed by atoms with E-state index in [4.69, 9.17) is 9.47 Å². The van der Waals surface area contributed by atoms with Gasteiger partial charge in [0.25, 0.3) is 0 Å². The summed E-state index contributed by atoms with van der Waals surface area (Å²) in [6.45, 7) is 7.23. The molecule has 0 aliphatic carbocycles. The van der Waals surface area contributed by atoms with Gasteiger partial charge in [0.1, 0.15) is 12.2 Å². The second-order valence-corrected chi connectivity index (χ2v) is 9.49. The summed E-state index contributed by atoms with van der Waals surface area (Å²) in [5.41, 5.74) is 2.04. The first kappa shape index (κ1) is 27.0. The lowest BCUT2D eigenvalue weighted by Gasteiger charge is -2.20. The molecule has 0 saturated heterocycles. The Kier molecular flexibility index (Phi) is 10.4. The topological polar surface area (TPSA) is 104 Å². The van der Waals surface area contributed by atoms with E-state index in [1.807, 2.05) is 18.2 Å². The highest BCUT2D eigenvalue weighted by Crippen LogP contribution is 2.30. The van der Waals surface area contributed by atoms with Crippen molar-refractivity contribution in [2.75, 3.05) is 19.7 Å². The predicted molar refractivity (Wildman–Crippen MR) is 138 cm³/mol. The van der Waals surface area contributed by atoms with E-state index in [1.54, 1.807) is 19.2 Å². The minimum absolute atomic E-state index is 0.00947. The fourth-order valence-corrected chi connectivity index (χ4v) is 4.01. The van der Waals surface area contributed by atoms with E-state index in [0.29, 0.717) is 24.9 Å². The van der Waals surface area contributed by atoms with Crippen molar-refractivity contribution in [1.82, 2.24) is 5.32 Å². The minimum atomic E-state index is -0.905. The normalized spacial score (nSPS) is 19.6. The van der Waals surface area contributed by atoms with Crippen LogP contribution in [0, 0.1) is 18.4 Å². The van der Waals surface area contributed by atoms with E-state index in [-0.39, 0.29) is 30.5 Å². The lowest BCUT2D eigenvalue weighted by Crippen LogP contribution is -2.29. The number of aliphatic hydroxyl groups is 2. The van der Waals surface area contributed by atoms with Gasteiger partial charge in [-0.15, -0.1) is 4.99 Å². The van der Waals surface area contributed by atoms with Gasteiger partial charge in [0, 0.05) is 19.2 Å². The van der Waals surface area contributed by atoms with Crippen LogP contribution in [0.3, 0.4) is 0 Å². The number of hydrogen-bond donors (Lipinski definition) is 4.